The average molecular weight is 413 g/mol. The summed E-state index contributed by atoms with van der Waals surface area (Å²) in [5.74, 6) is 0.383. The predicted octanol–water partition coefficient (Wildman–Crippen LogP) is 3.28. The monoisotopic (exact) mass is 412 g/mol. The number of fused-ring (bicyclic) bond motifs is 1. The van der Waals surface area contributed by atoms with Crippen LogP contribution in [0.5, 0.6) is 0 Å². The van der Waals surface area contributed by atoms with E-state index in [1.807, 2.05) is 38.4 Å². The molecule has 1 amide bonds. The summed E-state index contributed by atoms with van der Waals surface area (Å²) in [4.78, 5) is 30.4. The summed E-state index contributed by atoms with van der Waals surface area (Å²) < 4.78 is 1.66. The first-order chi connectivity index (χ1) is 13.9. The van der Waals surface area contributed by atoms with Gasteiger partial charge < -0.3 is 19.9 Å². The Morgan fingerprint density at radius 2 is 1.93 bits per heavy atom. The number of amides is 1. The molecular weight excluding hydrogens is 388 g/mol. The number of carboxylic acid groups (broad SMARTS) is 1. The maximum absolute atomic E-state index is 12.6. The zero-order chi connectivity index (χ0) is 20.8. The fourth-order valence-corrected chi connectivity index (χ4v) is 3.88. The summed E-state index contributed by atoms with van der Waals surface area (Å²) in [7, 11) is 4.04. The average Bonchev–Trinajstić information content (AvgIpc) is 3.10. The Hall–Kier alpha value is -2.84. The van der Waals surface area contributed by atoms with Gasteiger partial charge in [-0.05, 0) is 31.6 Å². The molecule has 7 nitrogen and oxygen atoms in total. The number of hydrogen-bond donors (Lipinski definition) is 2. The van der Waals surface area contributed by atoms with Gasteiger partial charge in [-0.15, -0.1) is 0 Å². The van der Waals surface area contributed by atoms with Crippen LogP contribution in [0.2, 0.25) is 0 Å². The van der Waals surface area contributed by atoms with Crippen molar-refractivity contribution in [2.24, 2.45) is 0 Å². The van der Waals surface area contributed by atoms with Gasteiger partial charge in [0.25, 0.3) is 5.91 Å². The van der Waals surface area contributed by atoms with Crippen LogP contribution in [-0.2, 0) is 6.54 Å². The number of carbonyl (C=O) groups is 2. The van der Waals surface area contributed by atoms with Crippen LogP contribution >= 0.6 is 11.8 Å². The first kappa shape index (κ1) is 20.9. The Bertz CT molecular complexity index is 1020. The number of anilines is 1. The van der Waals surface area contributed by atoms with E-state index in [9.17, 15) is 14.7 Å². The fourth-order valence-electron chi connectivity index (χ4n) is 2.86. The van der Waals surface area contributed by atoms with Gasteiger partial charge in [-0.1, -0.05) is 24.3 Å². The van der Waals surface area contributed by atoms with E-state index in [0.29, 0.717) is 12.2 Å². The number of benzene rings is 1. The van der Waals surface area contributed by atoms with Crippen LogP contribution in [0.25, 0.3) is 10.8 Å². The maximum atomic E-state index is 12.6. The van der Waals surface area contributed by atoms with Crippen molar-refractivity contribution in [3.63, 3.8) is 0 Å². The lowest BCUT2D eigenvalue weighted by molar-refractivity contribution is 0.0685. The molecule has 0 spiro atoms. The molecule has 0 fully saturated rings. The van der Waals surface area contributed by atoms with Crippen LogP contribution in [0, 0.1) is 0 Å². The zero-order valence-corrected chi connectivity index (χ0v) is 17.3. The SMILES string of the molecule is CN(C)CCSCCn1cc(NC(=O)c2cc3ccccc3cn2)cc1C(=O)O. The Morgan fingerprint density at radius 1 is 1.17 bits per heavy atom. The number of rotatable bonds is 9. The van der Waals surface area contributed by atoms with Gasteiger partial charge in [-0.2, -0.15) is 11.8 Å². The topological polar surface area (TPSA) is 87.5 Å². The van der Waals surface area contributed by atoms with Crippen molar-refractivity contribution in [1.82, 2.24) is 14.5 Å². The van der Waals surface area contributed by atoms with E-state index in [1.54, 1.807) is 34.8 Å². The number of aromatic nitrogens is 2. The molecular formula is C21H24N4O3S. The molecule has 0 aliphatic rings. The minimum atomic E-state index is -1.02. The molecule has 1 aromatic carbocycles. The molecule has 29 heavy (non-hydrogen) atoms. The van der Waals surface area contributed by atoms with Crippen LogP contribution in [0.1, 0.15) is 21.0 Å². The molecule has 8 heteroatoms. The third-order valence-electron chi connectivity index (χ3n) is 4.40. The van der Waals surface area contributed by atoms with E-state index in [2.05, 4.69) is 15.2 Å². The Labute approximate surface area is 173 Å². The van der Waals surface area contributed by atoms with Gasteiger partial charge in [0, 0.05) is 42.4 Å². The standard InChI is InChI=1S/C21H24N4O3S/c1-24(2)7-9-29-10-8-25-14-17(12-19(25)21(27)28)23-20(26)18-11-15-5-3-4-6-16(15)13-22-18/h3-6,11-14H,7-10H2,1-2H3,(H,23,26)(H,27,28). The molecule has 3 rings (SSSR count). The second kappa shape index (κ2) is 9.58. The minimum absolute atomic E-state index is 0.153. The minimum Gasteiger partial charge on any atom is -0.477 e. The smallest absolute Gasteiger partial charge is 0.352 e. The van der Waals surface area contributed by atoms with Crippen LogP contribution < -0.4 is 5.32 Å². The highest BCUT2D eigenvalue weighted by Gasteiger charge is 2.15. The fraction of sp³-hybridized carbons (Fsp3) is 0.286. The Morgan fingerprint density at radius 3 is 2.66 bits per heavy atom. The lowest BCUT2D eigenvalue weighted by Gasteiger charge is -2.09. The molecule has 2 N–H and O–H groups in total. The second-order valence-electron chi connectivity index (χ2n) is 6.90. The molecule has 0 saturated carbocycles. The molecule has 0 saturated heterocycles. The quantitative estimate of drug-likeness (QED) is 0.525. The molecule has 2 aromatic heterocycles. The number of aryl methyl sites for hydroxylation is 1. The number of pyridine rings is 1. The summed E-state index contributed by atoms with van der Waals surface area (Å²) >= 11 is 1.77. The van der Waals surface area contributed by atoms with Gasteiger partial charge in [0.15, 0.2) is 0 Å². The van der Waals surface area contributed by atoms with Crippen LogP contribution in [0.15, 0.2) is 48.8 Å². The first-order valence-electron chi connectivity index (χ1n) is 9.26. The lowest BCUT2D eigenvalue weighted by Crippen LogP contribution is -2.15. The van der Waals surface area contributed by atoms with E-state index in [1.165, 1.54) is 6.07 Å². The van der Waals surface area contributed by atoms with Crippen molar-refractivity contribution in [1.29, 1.82) is 0 Å². The number of aromatic carboxylic acids is 1. The first-order valence-corrected chi connectivity index (χ1v) is 10.4. The van der Waals surface area contributed by atoms with Gasteiger partial charge in [-0.3, -0.25) is 9.78 Å². The van der Waals surface area contributed by atoms with Crippen molar-refractivity contribution in [3.05, 3.63) is 60.2 Å². The van der Waals surface area contributed by atoms with Crippen molar-refractivity contribution in [3.8, 4) is 0 Å². The molecule has 0 bridgehead atoms. The molecule has 0 aliphatic heterocycles. The number of thioether (sulfide) groups is 1. The lowest BCUT2D eigenvalue weighted by atomic mass is 10.1. The number of carbonyl (C=O) groups excluding carboxylic acids is 1. The normalized spacial score (nSPS) is 11.1. The van der Waals surface area contributed by atoms with E-state index < -0.39 is 5.97 Å². The molecule has 0 radical (unpaired) electrons. The highest BCUT2D eigenvalue weighted by molar-refractivity contribution is 7.99. The summed E-state index contributed by atoms with van der Waals surface area (Å²) in [5, 5.41) is 14.1. The van der Waals surface area contributed by atoms with Crippen molar-refractivity contribution in [2.45, 2.75) is 6.54 Å². The van der Waals surface area contributed by atoms with Gasteiger partial charge >= 0.3 is 5.97 Å². The zero-order valence-electron chi connectivity index (χ0n) is 16.5. The molecule has 2 heterocycles. The highest BCUT2D eigenvalue weighted by atomic mass is 32.2. The third kappa shape index (κ3) is 5.58. The van der Waals surface area contributed by atoms with Crippen molar-refractivity contribution >= 4 is 40.1 Å². The summed E-state index contributed by atoms with van der Waals surface area (Å²) in [6.07, 6.45) is 3.32. The van der Waals surface area contributed by atoms with Gasteiger partial charge in [-0.25, -0.2) is 4.79 Å². The maximum Gasteiger partial charge on any atom is 0.352 e. The summed E-state index contributed by atoms with van der Waals surface area (Å²) in [6, 6.07) is 10.9. The van der Waals surface area contributed by atoms with E-state index in [0.717, 1.165) is 28.8 Å². The van der Waals surface area contributed by atoms with Crippen LogP contribution in [-0.4, -0.2) is 63.6 Å². The highest BCUT2D eigenvalue weighted by Crippen LogP contribution is 2.18. The summed E-state index contributed by atoms with van der Waals surface area (Å²) in [6.45, 7) is 1.53. The molecule has 0 unspecified atom stereocenters. The van der Waals surface area contributed by atoms with Gasteiger partial charge in [0.1, 0.15) is 11.4 Å². The predicted molar refractivity (Wildman–Crippen MR) is 117 cm³/mol. The number of hydrogen-bond acceptors (Lipinski definition) is 5. The Kier molecular flexibility index (Phi) is 6.90. The van der Waals surface area contributed by atoms with Crippen molar-refractivity contribution < 1.29 is 14.7 Å². The largest absolute Gasteiger partial charge is 0.477 e. The van der Waals surface area contributed by atoms with E-state index in [4.69, 9.17) is 0 Å². The third-order valence-corrected chi connectivity index (χ3v) is 5.34. The van der Waals surface area contributed by atoms with Crippen LogP contribution in [0.3, 0.4) is 0 Å². The van der Waals surface area contributed by atoms with Gasteiger partial charge in [0.2, 0.25) is 0 Å². The molecule has 152 valence electrons. The van der Waals surface area contributed by atoms with Gasteiger partial charge in [0.05, 0.1) is 5.69 Å². The second-order valence-corrected chi connectivity index (χ2v) is 8.12. The van der Waals surface area contributed by atoms with E-state index in [-0.39, 0.29) is 17.3 Å². The van der Waals surface area contributed by atoms with Crippen LogP contribution in [0.4, 0.5) is 5.69 Å². The Balaban J connectivity index is 1.67. The molecule has 0 atom stereocenters. The molecule has 3 aromatic rings. The number of carboxylic acids is 1. The number of nitrogens with zero attached hydrogens (tertiary/aromatic N) is 3. The number of nitrogens with one attached hydrogen (secondary N) is 1. The van der Waals surface area contributed by atoms with Crippen molar-refractivity contribution in [2.75, 3.05) is 37.5 Å². The molecule has 0 aliphatic carbocycles. The summed E-state index contributed by atoms with van der Waals surface area (Å²) in [5.41, 5.74) is 0.883. The van der Waals surface area contributed by atoms with E-state index >= 15 is 0 Å².